The highest BCUT2D eigenvalue weighted by atomic mass is 16.4. The van der Waals surface area contributed by atoms with Crippen LogP contribution >= 0.6 is 0 Å². The summed E-state index contributed by atoms with van der Waals surface area (Å²) in [7, 11) is 0. The Morgan fingerprint density at radius 2 is 1.80 bits per heavy atom. The summed E-state index contributed by atoms with van der Waals surface area (Å²) in [4.78, 5) is 38.7. The van der Waals surface area contributed by atoms with Gasteiger partial charge in [0.1, 0.15) is 34.4 Å². The van der Waals surface area contributed by atoms with Crippen molar-refractivity contribution in [3.05, 3.63) is 63.8 Å². The van der Waals surface area contributed by atoms with E-state index in [4.69, 9.17) is 10.2 Å². The first-order valence-corrected chi connectivity index (χ1v) is 13.8. The van der Waals surface area contributed by atoms with E-state index in [-0.39, 0.29) is 36.1 Å². The molecule has 1 saturated carbocycles. The molecule has 4 aliphatic rings. The van der Waals surface area contributed by atoms with Crippen LogP contribution in [-0.2, 0) is 22.6 Å². The fourth-order valence-electron chi connectivity index (χ4n) is 7.02. The molecule has 1 heterocycles. The van der Waals surface area contributed by atoms with Crippen LogP contribution in [0.1, 0.15) is 66.6 Å². The van der Waals surface area contributed by atoms with Gasteiger partial charge in [-0.3, -0.25) is 14.4 Å². The summed E-state index contributed by atoms with van der Waals surface area (Å²) in [5, 5.41) is 47.2. The Morgan fingerprint density at radius 3 is 2.52 bits per heavy atom. The Balaban J connectivity index is 1.35. The number of furan rings is 1. The number of benzene rings is 1. The summed E-state index contributed by atoms with van der Waals surface area (Å²) in [6.45, 7) is 0.575. The van der Waals surface area contributed by atoms with Crippen LogP contribution in [0.3, 0.4) is 0 Å². The monoisotopic (exact) mass is 548 g/mol. The number of carbonyl (C=O) groups excluding carboxylic acids is 3. The van der Waals surface area contributed by atoms with Gasteiger partial charge in [-0.05, 0) is 61.4 Å². The summed E-state index contributed by atoms with van der Waals surface area (Å²) < 4.78 is 6.14. The Hall–Kier alpha value is -3.89. The normalized spacial score (nSPS) is 26.9. The summed E-state index contributed by atoms with van der Waals surface area (Å²) in [6, 6.07) is 7.23. The highest BCUT2D eigenvalue weighted by Crippen LogP contribution is 2.52. The molecule has 2 aromatic rings. The lowest BCUT2D eigenvalue weighted by Crippen LogP contribution is -2.57. The summed E-state index contributed by atoms with van der Waals surface area (Å²) >= 11 is 0. The smallest absolute Gasteiger partial charge is 0.255 e. The van der Waals surface area contributed by atoms with E-state index in [1.54, 1.807) is 6.07 Å². The van der Waals surface area contributed by atoms with Crippen LogP contribution in [0.5, 0.6) is 5.75 Å². The molecule has 10 heteroatoms. The molecule has 1 aromatic heterocycles. The topological polar surface area (TPSA) is 183 Å². The number of aliphatic hydroxyl groups excluding tert-OH is 2. The maximum absolute atomic E-state index is 13.8. The molecule has 1 unspecified atom stereocenters. The largest absolute Gasteiger partial charge is 0.511 e. The van der Waals surface area contributed by atoms with Crippen molar-refractivity contribution >= 4 is 17.5 Å². The lowest BCUT2D eigenvalue weighted by Gasteiger charge is -2.45. The number of allylic oxidation sites excluding steroid dienone is 2. The van der Waals surface area contributed by atoms with Gasteiger partial charge in [-0.15, -0.1) is 0 Å². The molecule has 0 radical (unpaired) electrons. The molecular formula is C30H32N2O8. The first-order valence-electron chi connectivity index (χ1n) is 13.8. The SMILES string of the molecule is NC(=O)C1=C(O)C[C@@H]2CC3Cc4c(-c5ccc(CNC6CCCCC6)o5)ccc(O)c4C(=O)C3=C(O)[C@]2(O)C1=O. The van der Waals surface area contributed by atoms with E-state index in [0.717, 1.165) is 18.6 Å². The lowest BCUT2D eigenvalue weighted by molar-refractivity contribution is -0.144. The molecule has 0 aliphatic heterocycles. The van der Waals surface area contributed by atoms with Gasteiger partial charge in [-0.2, -0.15) is 0 Å². The summed E-state index contributed by atoms with van der Waals surface area (Å²) in [6.07, 6.45) is 6.02. The van der Waals surface area contributed by atoms with E-state index in [1.807, 2.05) is 12.1 Å². The van der Waals surface area contributed by atoms with Gasteiger partial charge in [0.25, 0.3) is 5.91 Å². The number of nitrogens with two attached hydrogens (primary N) is 1. The summed E-state index contributed by atoms with van der Waals surface area (Å²) in [5.41, 5.74) is 2.83. The Bertz CT molecular complexity index is 1490. The third-order valence-corrected chi connectivity index (χ3v) is 9.04. The third kappa shape index (κ3) is 3.97. The van der Waals surface area contributed by atoms with Crippen molar-refractivity contribution in [2.24, 2.45) is 17.6 Å². The number of amides is 1. The number of hydrogen-bond donors (Lipinski definition) is 6. The second-order valence-corrected chi connectivity index (χ2v) is 11.4. The maximum Gasteiger partial charge on any atom is 0.255 e. The van der Waals surface area contributed by atoms with E-state index in [2.05, 4.69) is 5.32 Å². The standard InChI is InChI=1S/C30H32N2O8/c31-29(38)25-21(34)12-15-10-14-11-19-18(22-9-6-17(40-22)13-32-16-4-2-1-3-5-16)7-8-20(33)24(19)26(35)23(14)27(36)30(15,39)28(25)37/h6-9,14-16,32-34,36,39H,1-5,10-13H2,(H2,31,38)/t14?,15-,30-/m0/s1. The molecule has 1 amide bonds. The van der Waals surface area contributed by atoms with Gasteiger partial charge < -0.3 is 35.9 Å². The van der Waals surface area contributed by atoms with Crippen molar-refractivity contribution in [1.29, 1.82) is 0 Å². The van der Waals surface area contributed by atoms with Gasteiger partial charge in [-0.25, -0.2) is 0 Å². The molecule has 1 fully saturated rings. The molecule has 0 bridgehead atoms. The summed E-state index contributed by atoms with van der Waals surface area (Å²) in [5.74, 6) is -5.19. The van der Waals surface area contributed by atoms with Crippen molar-refractivity contribution in [2.75, 3.05) is 0 Å². The van der Waals surface area contributed by atoms with E-state index in [9.17, 15) is 34.8 Å². The first kappa shape index (κ1) is 26.3. The van der Waals surface area contributed by atoms with Crippen LogP contribution in [0.15, 0.2) is 51.3 Å². The highest BCUT2D eigenvalue weighted by molar-refractivity contribution is 6.24. The number of carbonyl (C=O) groups is 3. The molecule has 4 aliphatic carbocycles. The lowest BCUT2D eigenvalue weighted by atomic mass is 9.60. The number of aliphatic hydroxyl groups is 3. The van der Waals surface area contributed by atoms with E-state index in [0.29, 0.717) is 29.5 Å². The van der Waals surface area contributed by atoms with Crippen molar-refractivity contribution < 1.29 is 39.2 Å². The Morgan fingerprint density at radius 1 is 1.05 bits per heavy atom. The molecule has 40 heavy (non-hydrogen) atoms. The minimum Gasteiger partial charge on any atom is -0.511 e. The average Bonchev–Trinajstić information content (AvgIpc) is 3.39. The molecule has 6 rings (SSSR count). The number of Topliss-reactive ketones (excluding diaryl/α,β-unsaturated/α-hetero) is 2. The average molecular weight is 549 g/mol. The molecule has 1 aromatic carbocycles. The predicted octanol–water partition coefficient (Wildman–Crippen LogP) is 3.26. The number of phenolic OH excluding ortho intramolecular Hbond substituents is 1. The molecule has 10 nitrogen and oxygen atoms in total. The molecule has 0 spiro atoms. The van der Waals surface area contributed by atoms with Gasteiger partial charge in [0.15, 0.2) is 11.4 Å². The van der Waals surface area contributed by atoms with Crippen LogP contribution in [0, 0.1) is 11.8 Å². The fraction of sp³-hybridized carbons (Fsp3) is 0.433. The van der Waals surface area contributed by atoms with Crippen molar-refractivity contribution in [1.82, 2.24) is 5.32 Å². The van der Waals surface area contributed by atoms with Crippen LogP contribution in [-0.4, -0.2) is 49.5 Å². The Labute approximate surface area is 230 Å². The van der Waals surface area contributed by atoms with E-state index in [1.165, 1.54) is 25.3 Å². The molecule has 7 N–H and O–H groups in total. The fourth-order valence-corrected chi connectivity index (χ4v) is 7.02. The molecule has 0 saturated heterocycles. The zero-order valence-corrected chi connectivity index (χ0v) is 21.9. The van der Waals surface area contributed by atoms with Gasteiger partial charge in [0.2, 0.25) is 5.78 Å². The van der Waals surface area contributed by atoms with Gasteiger partial charge in [0.05, 0.1) is 12.1 Å². The number of nitrogens with one attached hydrogen (secondary N) is 1. The second-order valence-electron chi connectivity index (χ2n) is 11.4. The van der Waals surface area contributed by atoms with Crippen molar-refractivity contribution in [2.45, 2.75) is 69.6 Å². The maximum atomic E-state index is 13.8. The van der Waals surface area contributed by atoms with Crippen molar-refractivity contribution in [3.63, 3.8) is 0 Å². The minimum atomic E-state index is -2.58. The van der Waals surface area contributed by atoms with Crippen LogP contribution in [0.2, 0.25) is 0 Å². The van der Waals surface area contributed by atoms with E-state index < -0.39 is 52.0 Å². The minimum absolute atomic E-state index is 0.0348. The quantitative estimate of drug-likeness (QED) is 0.305. The predicted molar refractivity (Wildman–Crippen MR) is 142 cm³/mol. The van der Waals surface area contributed by atoms with Crippen LogP contribution in [0.4, 0.5) is 0 Å². The molecular weight excluding hydrogens is 516 g/mol. The number of aromatic hydroxyl groups is 1. The van der Waals surface area contributed by atoms with Gasteiger partial charge >= 0.3 is 0 Å². The number of rotatable bonds is 5. The number of hydrogen-bond acceptors (Lipinski definition) is 9. The zero-order valence-electron chi connectivity index (χ0n) is 21.9. The number of phenols is 1. The highest BCUT2D eigenvalue weighted by Gasteiger charge is 2.59. The van der Waals surface area contributed by atoms with Gasteiger partial charge in [-0.1, -0.05) is 19.3 Å². The first-order chi connectivity index (χ1) is 19.1. The number of ketones is 2. The molecule has 210 valence electrons. The van der Waals surface area contributed by atoms with Crippen molar-refractivity contribution in [3.8, 4) is 17.1 Å². The van der Waals surface area contributed by atoms with Crippen LogP contribution in [0.25, 0.3) is 11.3 Å². The number of fused-ring (bicyclic) bond motifs is 3. The Kier molecular flexibility index (Phi) is 6.35. The third-order valence-electron chi connectivity index (χ3n) is 9.04. The van der Waals surface area contributed by atoms with Crippen LogP contribution < -0.4 is 11.1 Å². The zero-order chi connectivity index (χ0) is 28.3. The van der Waals surface area contributed by atoms with Gasteiger partial charge in [0, 0.05) is 29.5 Å². The second kappa shape index (κ2) is 9.64. The number of primary amides is 1. The molecule has 3 atom stereocenters. The van der Waals surface area contributed by atoms with E-state index >= 15 is 0 Å².